The van der Waals surface area contributed by atoms with Gasteiger partial charge in [0.25, 0.3) is 0 Å². The van der Waals surface area contributed by atoms with Gasteiger partial charge < -0.3 is 4.74 Å². The van der Waals surface area contributed by atoms with Gasteiger partial charge in [0.1, 0.15) is 10.7 Å². The minimum Gasteiger partial charge on any atom is -0.461 e. The smallest absolute Gasteiger partial charge is 0.354 e. The fourth-order valence-corrected chi connectivity index (χ4v) is 2.21. The van der Waals surface area contributed by atoms with Crippen LogP contribution in [0.5, 0.6) is 0 Å². The standard InChI is InChI=1S/C13H13ClN4O2S/c1-3-20-12(19)8(2)15-17-13-18-16-11(21-13)9-4-6-10(14)7-5-9/h4-7H,3H2,1-2H3,(H,17,18)/b15-8+. The lowest BCUT2D eigenvalue weighted by Gasteiger charge is -2.00. The number of hydrazone groups is 1. The van der Waals surface area contributed by atoms with E-state index in [1.165, 1.54) is 11.3 Å². The number of carbonyl (C=O) groups is 1. The van der Waals surface area contributed by atoms with Crippen LogP contribution in [0.25, 0.3) is 10.6 Å². The molecule has 0 aliphatic heterocycles. The molecule has 0 saturated carbocycles. The molecule has 1 N–H and O–H groups in total. The molecule has 0 aliphatic carbocycles. The third kappa shape index (κ3) is 4.24. The van der Waals surface area contributed by atoms with Gasteiger partial charge in [-0.25, -0.2) is 4.79 Å². The molecule has 2 aromatic rings. The number of aromatic nitrogens is 2. The highest BCUT2D eigenvalue weighted by Gasteiger charge is 2.08. The summed E-state index contributed by atoms with van der Waals surface area (Å²) in [5.74, 6) is -0.465. The largest absolute Gasteiger partial charge is 0.461 e. The molecule has 2 rings (SSSR count). The predicted octanol–water partition coefficient (Wildman–Crippen LogP) is 3.21. The number of ether oxygens (including phenoxy) is 1. The van der Waals surface area contributed by atoms with Crippen molar-refractivity contribution in [3.63, 3.8) is 0 Å². The number of hydrogen-bond donors (Lipinski definition) is 1. The molecule has 0 saturated heterocycles. The number of halogens is 1. The number of hydrogen-bond acceptors (Lipinski definition) is 7. The van der Waals surface area contributed by atoms with Crippen LogP contribution in [0.15, 0.2) is 29.4 Å². The minimum absolute atomic E-state index is 0.222. The van der Waals surface area contributed by atoms with E-state index in [9.17, 15) is 4.79 Å². The lowest BCUT2D eigenvalue weighted by Crippen LogP contribution is -2.15. The number of anilines is 1. The maximum absolute atomic E-state index is 11.4. The monoisotopic (exact) mass is 324 g/mol. The highest BCUT2D eigenvalue weighted by Crippen LogP contribution is 2.27. The first-order chi connectivity index (χ1) is 10.1. The second-order valence-corrected chi connectivity index (χ2v) is 5.36. The Kier molecular flexibility index (Phi) is 5.24. The van der Waals surface area contributed by atoms with Gasteiger partial charge >= 0.3 is 5.97 Å². The minimum atomic E-state index is -0.465. The third-order valence-corrected chi connectivity index (χ3v) is 3.54. The first kappa shape index (κ1) is 15.4. The molecule has 0 amide bonds. The Morgan fingerprint density at radius 3 is 2.76 bits per heavy atom. The van der Waals surface area contributed by atoms with Gasteiger partial charge in [0.15, 0.2) is 0 Å². The molecule has 0 aliphatic rings. The van der Waals surface area contributed by atoms with Crippen LogP contribution in [0, 0.1) is 0 Å². The van der Waals surface area contributed by atoms with Crippen molar-refractivity contribution in [2.45, 2.75) is 13.8 Å². The molecule has 0 unspecified atom stereocenters. The van der Waals surface area contributed by atoms with Gasteiger partial charge in [0.05, 0.1) is 6.61 Å². The zero-order valence-corrected chi connectivity index (χ0v) is 13.0. The van der Waals surface area contributed by atoms with Crippen LogP contribution in [0.3, 0.4) is 0 Å². The Labute approximate surface area is 130 Å². The average Bonchev–Trinajstić information content (AvgIpc) is 2.94. The molecule has 1 aromatic heterocycles. The summed E-state index contributed by atoms with van der Waals surface area (Å²) in [5.41, 5.74) is 3.83. The van der Waals surface area contributed by atoms with E-state index in [0.29, 0.717) is 16.8 Å². The van der Waals surface area contributed by atoms with Crippen LogP contribution < -0.4 is 5.43 Å². The maximum Gasteiger partial charge on any atom is 0.354 e. The van der Waals surface area contributed by atoms with Crippen LogP contribution >= 0.6 is 22.9 Å². The Balaban J connectivity index is 2.05. The van der Waals surface area contributed by atoms with Crippen molar-refractivity contribution in [3.8, 4) is 10.6 Å². The quantitative estimate of drug-likeness (QED) is 0.519. The summed E-state index contributed by atoms with van der Waals surface area (Å²) in [7, 11) is 0. The Morgan fingerprint density at radius 2 is 2.10 bits per heavy atom. The second kappa shape index (κ2) is 7.14. The highest BCUT2D eigenvalue weighted by atomic mass is 35.5. The topological polar surface area (TPSA) is 76.5 Å². The molecule has 6 nitrogen and oxygen atoms in total. The molecular formula is C13H13ClN4O2S. The third-order valence-electron chi connectivity index (χ3n) is 2.41. The zero-order valence-electron chi connectivity index (χ0n) is 11.5. The Hall–Kier alpha value is -1.99. The normalized spacial score (nSPS) is 11.3. The van der Waals surface area contributed by atoms with Crippen molar-refractivity contribution in [1.82, 2.24) is 10.2 Å². The summed E-state index contributed by atoms with van der Waals surface area (Å²) < 4.78 is 4.82. The zero-order chi connectivity index (χ0) is 15.2. The average molecular weight is 325 g/mol. The summed E-state index contributed by atoms with van der Waals surface area (Å²) in [4.78, 5) is 11.4. The highest BCUT2D eigenvalue weighted by molar-refractivity contribution is 7.18. The predicted molar refractivity (Wildman–Crippen MR) is 83.7 cm³/mol. The van der Waals surface area contributed by atoms with Gasteiger partial charge in [-0.3, -0.25) is 5.43 Å². The molecule has 0 bridgehead atoms. The van der Waals surface area contributed by atoms with E-state index in [0.717, 1.165) is 10.6 Å². The Bertz CT molecular complexity index is 654. The SMILES string of the molecule is CCOC(=O)/C(C)=N/Nc1nnc(-c2ccc(Cl)cc2)s1. The van der Waals surface area contributed by atoms with Crippen molar-refractivity contribution in [2.24, 2.45) is 5.10 Å². The fraction of sp³-hybridized carbons (Fsp3) is 0.231. The van der Waals surface area contributed by atoms with E-state index in [2.05, 4.69) is 20.7 Å². The number of benzene rings is 1. The molecule has 21 heavy (non-hydrogen) atoms. The van der Waals surface area contributed by atoms with Gasteiger partial charge in [-0.05, 0) is 26.0 Å². The lowest BCUT2D eigenvalue weighted by atomic mass is 10.2. The van der Waals surface area contributed by atoms with E-state index < -0.39 is 5.97 Å². The number of esters is 1. The van der Waals surface area contributed by atoms with Crippen LogP contribution in [0.2, 0.25) is 5.02 Å². The van der Waals surface area contributed by atoms with Crippen molar-refractivity contribution in [3.05, 3.63) is 29.3 Å². The molecule has 110 valence electrons. The molecule has 0 radical (unpaired) electrons. The van der Waals surface area contributed by atoms with Crippen molar-refractivity contribution < 1.29 is 9.53 Å². The Morgan fingerprint density at radius 1 is 1.38 bits per heavy atom. The molecule has 0 fully saturated rings. The number of carbonyl (C=O) groups excluding carboxylic acids is 1. The van der Waals surface area contributed by atoms with E-state index in [1.54, 1.807) is 26.0 Å². The van der Waals surface area contributed by atoms with E-state index >= 15 is 0 Å². The number of rotatable bonds is 5. The molecule has 1 aromatic carbocycles. The van der Waals surface area contributed by atoms with Crippen LogP contribution in [0.4, 0.5) is 5.13 Å². The summed E-state index contributed by atoms with van der Waals surface area (Å²) in [5, 5.41) is 13.8. The van der Waals surface area contributed by atoms with E-state index in [-0.39, 0.29) is 5.71 Å². The van der Waals surface area contributed by atoms with E-state index in [1.807, 2.05) is 12.1 Å². The van der Waals surface area contributed by atoms with Gasteiger partial charge in [0.2, 0.25) is 5.13 Å². The molecule has 1 heterocycles. The number of nitrogens with one attached hydrogen (secondary N) is 1. The van der Waals surface area contributed by atoms with Crippen molar-refractivity contribution in [2.75, 3.05) is 12.0 Å². The van der Waals surface area contributed by atoms with Gasteiger partial charge in [-0.1, -0.05) is 35.1 Å². The second-order valence-electron chi connectivity index (χ2n) is 3.95. The molecule has 0 spiro atoms. The van der Waals surface area contributed by atoms with Gasteiger partial charge in [0, 0.05) is 10.6 Å². The first-order valence-electron chi connectivity index (χ1n) is 6.17. The number of nitrogens with zero attached hydrogens (tertiary/aromatic N) is 3. The van der Waals surface area contributed by atoms with Crippen LogP contribution in [-0.2, 0) is 9.53 Å². The molecular weight excluding hydrogens is 312 g/mol. The van der Waals surface area contributed by atoms with Gasteiger partial charge in [-0.2, -0.15) is 5.10 Å². The lowest BCUT2D eigenvalue weighted by molar-refractivity contribution is -0.135. The van der Waals surface area contributed by atoms with Gasteiger partial charge in [-0.15, -0.1) is 10.2 Å². The summed E-state index contributed by atoms with van der Waals surface area (Å²) in [6.07, 6.45) is 0. The first-order valence-corrected chi connectivity index (χ1v) is 7.36. The van der Waals surface area contributed by atoms with Crippen molar-refractivity contribution >= 4 is 39.8 Å². The fourth-order valence-electron chi connectivity index (χ4n) is 1.39. The van der Waals surface area contributed by atoms with E-state index in [4.69, 9.17) is 16.3 Å². The maximum atomic E-state index is 11.4. The van der Waals surface area contributed by atoms with Crippen LogP contribution in [-0.4, -0.2) is 28.5 Å². The van der Waals surface area contributed by atoms with Crippen LogP contribution in [0.1, 0.15) is 13.8 Å². The summed E-state index contributed by atoms with van der Waals surface area (Å²) >= 11 is 7.16. The summed E-state index contributed by atoms with van der Waals surface area (Å²) in [6.45, 7) is 3.61. The molecule has 8 heteroatoms. The van der Waals surface area contributed by atoms with Crippen molar-refractivity contribution in [1.29, 1.82) is 0 Å². The molecule has 0 atom stereocenters. The summed E-state index contributed by atoms with van der Waals surface area (Å²) in [6, 6.07) is 7.29.